The van der Waals surface area contributed by atoms with Crippen LogP contribution in [0.3, 0.4) is 0 Å². The van der Waals surface area contributed by atoms with E-state index in [1.807, 2.05) is 0 Å². The minimum Gasteiger partial charge on any atom is -0.467 e. The van der Waals surface area contributed by atoms with Gasteiger partial charge >= 0.3 is 7.69 Å². The molecule has 2 N–H and O–H groups in total. The molecule has 0 radical (unpaired) electrons. The van der Waals surface area contributed by atoms with Crippen LogP contribution in [-0.4, -0.2) is 31.6 Å². The first-order chi connectivity index (χ1) is 6.74. The second-order valence-corrected chi connectivity index (χ2v) is 2.15. The van der Waals surface area contributed by atoms with E-state index in [1.54, 1.807) is 12.1 Å². The summed E-state index contributed by atoms with van der Waals surface area (Å²) in [6, 6.07) is 5.92. The van der Waals surface area contributed by atoms with Crippen molar-refractivity contribution in [2.45, 2.75) is 0 Å². The summed E-state index contributed by atoms with van der Waals surface area (Å²) in [7, 11) is 0.763. The van der Waals surface area contributed by atoms with E-state index in [9.17, 15) is 4.39 Å². The smallest absolute Gasteiger partial charge is 0.432 e. The molecule has 1 aromatic rings. The van der Waals surface area contributed by atoms with Gasteiger partial charge in [-0.25, -0.2) is 4.39 Å². The van der Waals surface area contributed by atoms with Crippen molar-refractivity contribution < 1.29 is 23.9 Å². The van der Waals surface area contributed by atoms with Crippen LogP contribution in [0, 0.1) is 5.82 Å². The van der Waals surface area contributed by atoms with Crippen LogP contribution < -0.4 is 4.74 Å². The number of benzene rings is 1. The van der Waals surface area contributed by atoms with Gasteiger partial charge in [0.1, 0.15) is 11.6 Å². The fraction of sp³-hybridized carbons (Fsp3) is 0.250. The highest BCUT2D eigenvalue weighted by Gasteiger charge is 1.93. The summed E-state index contributed by atoms with van der Waals surface area (Å²) < 4.78 is 22.1. The zero-order chi connectivity index (χ0) is 10.8. The van der Waals surface area contributed by atoms with Crippen LogP contribution in [0.5, 0.6) is 5.75 Å². The van der Waals surface area contributed by atoms with Crippen LogP contribution in [-0.2, 0) is 4.74 Å². The molecular formula is C8H12BFO4. The van der Waals surface area contributed by atoms with Crippen molar-refractivity contribution in [3.05, 3.63) is 30.1 Å². The Labute approximate surface area is 82.2 Å². The van der Waals surface area contributed by atoms with Gasteiger partial charge in [0.05, 0.1) is 0 Å². The number of methoxy groups -OCH3 is 1. The molecule has 0 saturated carbocycles. The summed E-state index contributed by atoms with van der Waals surface area (Å²) in [5, 5.41) is 14.2. The second-order valence-electron chi connectivity index (χ2n) is 2.15. The predicted molar refractivity (Wildman–Crippen MR) is 50.5 cm³/mol. The van der Waals surface area contributed by atoms with Crippen LogP contribution in [0.2, 0.25) is 0 Å². The van der Waals surface area contributed by atoms with Gasteiger partial charge in [-0.1, -0.05) is 6.07 Å². The van der Waals surface area contributed by atoms with Crippen LogP contribution in [0.25, 0.3) is 0 Å². The maximum absolute atomic E-state index is 12.5. The lowest BCUT2D eigenvalue weighted by Gasteiger charge is -2.02. The molecule has 0 aliphatic rings. The van der Waals surface area contributed by atoms with E-state index in [4.69, 9.17) is 14.8 Å². The van der Waals surface area contributed by atoms with Gasteiger partial charge in [-0.15, -0.1) is 0 Å². The zero-order valence-electron chi connectivity index (χ0n) is 7.81. The van der Waals surface area contributed by atoms with Crippen molar-refractivity contribution in [3.63, 3.8) is 0 Å². The average Bonchev–Trinajstić information content (AvgIpc) is 2.16. The Morgan fingerprint density at radius 1 is 1.43 bits per heavy atom. The Morgan fingerprint density at radius 3 is 2.57 bits per heavy atom. The lowest BCUT2D eigenvalue weighted by atomic mass is 10.3. The molecule has 0 aliphatic heterocycles. The van der Waals surface area contributed by atoms with E-state index in [0.717, 1.165) is 0 Å². The Bertz CT molecular complexity index is 247. The Balaban J connectivity index is 0.000000500. The molecule has 0 heterocycles. The van der Waals surface area contributed by atoms with Crippen LogP contribution in [0.1, 0.15) is 0 Å². The third-order valence-electron chi connectivity index (χ3n) is 1.14. The molecule has 0 aromatic heterocycles. The van der Waals surface area contributed by atoms with E-state index >= 15 is 0 Å². The highest BCUT2D eigenvalue weighted by atomic mass is 19.1. The third-order valence-corrected chi connectivity index (χ3v) is 1.14. The molecule has 0 fully saturated rings. The topological polar surface area (TPSA) is 58.9 Å². The first kappa shape index (κ1) is 12.9. The first-order valence-corrected chi connectivity index (χ1v) is 3.83. The van der Waals surface area contributed by atoms with Crippen LogP contribution in [0.4, 0.5) is 4.39 Å². The van der Waals surface area contributed by atoms with Gasteiger partial charge in [-0.2, -0.15) is 0 Å². The van der Waals surface area contributed by atoms with Gasteiger partial charge in [-0.05, 0) is 12.1 Å². The summed E-state index contributed by atoms with van der Waals surface area (Å²) in [4.78, 5) is 0. The number of rotatable bonds is 3. The lowest BCUT2D eigenvalue weighted by Crippen LogP contribution is -1.98. The van der Waals surface area contributed by atoms with Crippen LogP contribution >= 0.6 is 0 Å². The maximum Gasteiger partial charge on any atom is 0.432 e. The Hall–Kier alpha value is -1.11. The molecule has 0 unspecified atom stereocenters. The molecule has 78 valence electrons. The highest BCUT2D eigenvalue weighted by molar-refractivity contribution is 6.13. The third kappa shape index (κ3) is 6.42. The molecule has 0 amide bonds. The molecule has 0 aliphatic carbocycles. The fourth-order valence-electron chi connectivity index (χ4n) is 0.684. The summed E-state index contributed by atoms with van der Waals surface area (Å²) in [6.45, 7) is 0.142. The minimum absolute atomic E-state index is 0.142. The molecule has 1 aromatic carbocycles. The number of ether oxygens (including phenoxy) is 2. The molecule has 14 heavy (non-hydrogen) atoms. The monoisotopic (exact) mass is 202 g/mol. The van der Waals surface area contributed by atoms with Crippen molar-refractivity contribution in [3.8, 4) is 5.75 Å². The molecule has 6 heteroatoms. The van der Waals surface area contributed by atoms with Crippen molar-refractivity contribution in [1.82, 2.24) is 0 Å². The Kier molecular flexibility index (Phi) is 7.82. The van der Waals surface area contributed by atoms with Crippen molar-refractivity contribution in [2.24, 2.45) is 0 Å². The second kappa shape index (κ2) is 8.49. The molecule has 0 atom stereocenters. The summed E-state index contributed by atoms with van der Waals surface area (Å²) >= 11 is 0. The number of halogens is 1. The highest BCUT2D eigenvalue weighted by Crippen LogP contribution is 2.11. The van der Waals surface area contributed by atoms with E-state index in [-0.39, 0.29) is 12.6 Å². The van der Waals surface area contributed by atoms with E-state index in [2.05, 4.69) is 4.74 Å². The molecule has 1 rings (SSSR count). The largest absolute Gasteiger partial charge is 0.467 e. The van der Waals surface area contributed by atoms with E-state index < -0.39 is 7.69 Å². The zero-order valence-corrected chi connectivity index (χ0v) is 7.81. The minimum atomic E-state index is -0.750. The normalized spacial score (nSPS) is 8.57. The average molecular weight is 202 g/mol. The maximum atomic E-state index is 12.5. The standard InChI is InChI=1S/C8H9FO2.BH3O2/c1-10-6-11-8-4-2-3-7(9)5-8;2-1-3/h2-5H,6H2,1H3;1-3H. The molecule has 0 bridgehead atoms. The van der Waals surface area contributed by atoms with E-state index in [1.165, 1.54) is 19.2 Å². The Morgan fingerprint density at radius 2 is 2.07 bits per heavy atom. The van der Waals surface area contributed by atoms with Crippen molar-refractivity contribution in [1.29, 1.82) is 0 Å². The summed E-state index contributed by atoms with van der Waals surface area (Å²) in [5.41, 5.74) is 0. The molecule has 4 nitrogen and oxygen atoms in total. The molecule has 0 spiro atoms. The van der Waals surface area contributed by atoms with Crippen molar-refractivity contribution >= 4 is 7.69 Å². The molecule has 0 saturated heterocycles. The SMILES string of the molecule is COCOc1cccc(F)c1.OBO. The number of hydrogen-bond acceptors (Lipinski definition) is 4. The lowest BCUT2D eigenvalue weighted by molar-refractivity contribution is 0.0509. The van der Waals surface area contributed by atoms with Gasteiger partial charge in [-0.3, -0.25) is 0 Å². The predicted octanol–water partition coefficient (Wildman–Crippen LogP) is 0.0459. The van der Waals surface area contributed by atoms with Crippen molar-refractivity contribution in [2.75, 3.05) is 13.9 Å². The van der Waals surface area contributed by atoms with Gasteiger partial charge in [0, 0.05) is 13.2 Å². The first-order valence-electron chi connectivity index (χ1n) is 3.83. The quantitative estimate of drug-likeness (QED) is 0.536. The van der Waals surface area contributed by atoms with Gasteiger partial charge in [0.25, 0.3) is 0 Å². The van der Waals surface area contributed by atoms with Gasteiger partial charge in [0.15, 0.2) is 6.79 Å². The summed E-state index contributed by atoms with van der Waals surface area (Å²) in [6.07, 6.45) is 0. The van der Waals surface area contributed by atoms with Gasteiger partial charge in [0.2, 0.25) is 0 Å². The van der Waals surface area contributed by atoms with E-state index in [0.29, 0.717) is 5.75 Å². The number of hydrogen-bond donors (Lipinski definition) is 2. The van der Waals surface area contributed by atoms with Gasteiger partial charge < -0.3 is 19.5 Å². The fourth-order valence-corrected chi connectivity index (χ4v) is 0.684. The summed E-state index contributed by atoms with van der Waals surface area (Å²) in [5.74, 6) is 0.172. The van der Waals surface area contributed by atoms with Crippen LogP contribution in [0.15, 0.2) is 24.3 Å². The molecular weight excluding hydrogens is 190 g/mol.